The fourth-order valence-corrected chi connectivity index (χ4v) is 1.68. The molecule has 2 rings (SSSR count). The van der Waals surface area contributed by atoms with Crippen molar-refractivity contribution in [3.05, 3.63) is 41.8 Å². The molecule has 0 saturated carbocycles. The third-order valence-corrected chi connectivity index (χ3v) is 2.45. The predicted octanol–water partition coefficient (Wildman–Crippen LogP) is 2.95. The summed E-state index contributed by atoms with van der Waals surface area (Å²) in [4.78, 5) is 4.69. The van der Waals surface area contributed by atoms with Crippen LogP contribution in [0, 0.1) is 5.95 Å². The van der Waals surface area contributed by atoms with Crippen molar-refractivity contribution < 1.29 is 4.39 Å². The maximum atomic E-state index is 12.4. The van der Waals surface area contributed by atoms with Gasteiger partial charge in [-0.1, -0.05) is 6.07 Å². The van der Waals surface area contributed by atoms with Gasteiger partial charge in [-0.15, -0.1) is 11.3 Å². The highest BCUT2D eigenvalue weighted by Crippen LogP contribution is 2.23. The molecule has 0 aliphatic rings. The molecule has 60 valence electrons. The van der Waals surface area contributed by atoms with Crippen LogP contribution in [0.3, 0.4) is 0 Å². The van der Waals surface area contributed by atoms with Crippen molar-refractivity contribution in [2.45, 2.75) is 0 Å². The number of pyridine rings is 1. The van der Waals surface area contributed by atoms with Crippen molar-refractivity contribution in [2.75, 3.05) is 0 Å². The summed E-state index contributed by atoms with van der Waals surface area (Å²) in [5.41, 5.74) is 0.964. The molecule has 1 nitrogen and oxygen atoms in total. The fourth-order valence-electron chi connectivity index (χ4n) is 0.964. The molecule has 0 fully saturated rings. The first-order chi connectivity index (χ1) is 5.86. The van der Waals surface area contributed by atoms with Gasteiger partial charge in [-0.3, -0.25) is 0 Å². The Kier molecular flexibility index (Phi) is 1.87. The number of hydrogen-bond acceptors (Lipinski definition) is 2. The molecule has 0 bridgehead atoms. The van der Waals surface area contributed by atoms with Crippen LogP contribution in [0.4, 0.5) is 4.39 Å². The zero-order chi connectivity index (χ0) is 8.39. The van der Waals surface area contributed by atoms with E-state index in [4.69, 9.17) is 0 Å². The summed E-state index contributed by atoms with van der Waals surface area (Å²) >= 11 is 1.62. The van der Waals surface area contributed by atoms with Gasteiger partial charge in [-0.25, -0.2) is 4.98 Å². The van der Waals surface area contributed by atoms with Crippen LogP contribution in [0.2, 0.25) is 0 Å². The molecule has 0 amide bonds. The Hall–Kier alpha value is -1.22. The van der Waals surface area contributed by atoms with E-state index in [2.05, 4.69) is 4.98 Å². The molecule has 0 aromatic carbocycles. The van der Waals surface area contributed by atoms with E-state index in [1.165, 1.54) is 6.07 Å². The second-order valence-corrected chi connectivity index (χ2v) is 3.29. The lowest BCUT2D eigenvalue weighted by atomic mass is 10.2. The van der Waals surface area contributed by atoms with Crippen molar-refractivity contribution in [3.63, 3.8) is 0 Å². The van der Waals surface area contributed by atoms with Crippen molar-refractivity contribution >= 4 is 11.3 Å². The lowest BCUT2D eigenvalue weighted by Gasteiger charge is -1.94. The summed E-state index contributed by atoms with van der Waals surface area (Å²) in [6.07, 6.45) is 1.54. The maximum absolute atomic E-state index is 12.4. The van der Waals surface area contributed by atoms with Gasteiger partial charge in [0.15, 0.2) is 0 Å². The van der Waals surface area contributed by atoms with Crippen LogP contribution < -0.4 is 0 Å². The van der Waals surface area contributed by atoms with E-state index in [1.807, 2.05) is 17.5 Å². The Bertz CT molecular complexity index is 353. The van der Waals surface area contributed by atoms with Crippen LogP contribution in [0.25, 0.3) is 10.4 Å². The number of aromatic nitrogens is 1. The Morgan fingerprint density at radius 2 is 2.17 bits per heavy atom. The van der Waals surface area contributed by atoms with Gasteiger partial charge in [0.25, 0.3) is 0 Å². The standard InChI is InChI=1S/C9H6FNS/c10-9-4-3-7(6-11-9)8-2-1-5-12-8/h1-6H. The Labute approximate surface area is 73.5 Å². The normalized spacial score (nSPS) is 10.1. The highest BCUT2D eigenvalue weighted by atomic mass is 32.1. The van der Waals surface area contributed by atoms with Crippen LogP contribution >= 0.6 is 11.3 Å². The summed E-state index contributed by atoms with van der Waals surface area (Å²) in [7, 11) is 0. The topological polar surface area (TPSA) is 12.9 Å². The minimum atomic E-state index is -0.435. The first-order valence-corrected chi connectivity index (χ1v) is 4.39. The molecule has 0 saturated heterocycles. The highest BCUT2D eigenvalue weighted by molar-refractivity contribution is 7.13. The van der Waals surface area contributed by atoms with Gasteiger partial charge in [0.1, 0.15) is 0 Å². The van der Waals surface area contributed by atoms with E-state index in [-0.39, 0.29) is 0 Å². The molecule has 0 radical (unpaired) electrons. The van der Waals surface area contributed by atoms with Crippen molar-refractivity contribution in [1.29, 1.82) is 0 Å². The first kappa shape index (κ1) is 7.43. The second-order valence-electron chi connectivity index (χ2n) is 2.35. The quantitative estimate of drug-likeness (QED) is 0.613. The van der Waals surface area contributed by atoms with Gasteiger partial charge < -0.3 is 0 Å². The van der Waals surface area contributed by atoms with Crippen LogP contribution in [-0.2, 0) is 0 Å². The van der Waals surface area contributed by atoms with Gasteiger partial charge >= 0.3 is 0 Å². The average Bonchev–Trinajstić information content (AvgIpc) is 2.58. The maximum Gasteiger partial charge on any atom is 0.212 e. The largest absolute Gasteiger partial charge is 0.228 e. The first-order valence-electron chi connectivity index (χ1n) is 3.52. The molecule has 0 N–H and O–H groups in total. The lowest BCUT2D eigenvalue weighted by Crippen LogP contribution is -1.80. The number of thiophene rings is 1. The number of nitrogens with zero attached hydrogens (tertiary/aromatic N) is 1. The van der Waals surface area contributed by atoms with Gasteiger partial charge in [-0.05, 0) is 23.6 Å². The Morgan fingerprint density at radius 3 is 2.75 bits per heavy atom. The third-order valence-electron chi connectivity index (χ3n) is 1.53. The van der Waals surface area contributed by atoms with Crippen LogP contribution in [0.1, 0.15) is 0 Å². The fraction of sp³-hybridized carbons (Fsp3) is 0. The van der Waals surface area contributed by atoms with E-state index in [9.17, 15) is 4.39 Å². The van der Waals surface area contributed by atoms with Gasteiger partial charge in [0.2, 0.25) is 5.95 Å². The molecular formula is C9H6FNS. The van der Waals surface area contributed by atoms with Crippen molar-refractivity contribution in [3.8, 4) is 10.4 Å². The van der Waals surface area contributed by atoms with Crippen LogP contribution in [0.5, 0.6) is 0 Å². The number of halogens is 1. The van der Waals surface area contributed by atoms with Gasteiger partial charge in [0, 0.05) is 16.6 Å². The highest BCUT2D eigenvalue weighted by Gasteiger charge is 1.98. The zero-order valence-corrected chi connectivity index (χ0v) is 7.01. The molecule has 0 aliphatic heterocycles. The third kappa shape index (κ3) is 1.36. The Morgan fingerprint density at radius 1 is 1.25 bits per heavy atom. The van der Waals surface area contributed by atoms with Gasteiger partial charge in [-0.2, -0.15) is 4.39 Å². The molecule has 0 spiro atoms. The number of rotatable bonds is 1. The van der Waals surface area contributed by atoms with Gasteiger partial charge in [0.05, 0.1) is 0 Å². The molecule has 2 aromatic heterocycles. The summed E-state index contributed by atoms with van der Waals surface area (Å²) in [5.74, 6) is -0.435. The molecule has 3 heteroatoms. The van der Waals surface area contributed by atoms with E-state index in [0.29, 0.717) is 0 Å². The summed E-state index contributed by atoms with van der Waals surface area (Å²) in [6, 6.07) is 7.05. The predicted molar refractivity (Wildman–Crippen MR) is 47.5 cm³/mol. The summed E-state index contributed by atoms with van der Waals surface area (Å²) in [6.45, 7) is 0. The molecule has 2 heterocycles. The summed E-state index contributed by atoms with van der Waals surface area (Å²) in [5, 5.41) is 1.98. The zero-order valence-electron chi connectivity index (χ0n) is 6.20. The Balaban J connectivity index is 2.43. The molecular weight excluding hydrogens is 173 g/mol. The summed E-state index contributed by atoms with van der Waals surface area (Å²) < 4.78 is 12.4. The minimum Gasteiger partial charge on any atom is -0.228 e. The van der Waals surface area contributed by atoms with Crippen molar-refractivity contribution in [1.82, 2.24) is 4.98 Å². The SMILES string of the molecule is Fc1ccc(-c2cccs2)cn1. The molecule has 0 aliphatic carbocycles. The monoisotopic (exact) mass is 179 g/mol. The lowest BCUT2D eigenvalue weighted by molar-refractivity contribution is 0.584. The minimum absolute atomic E-state index is 0.435. The van der Waals surface area contributed by atoms with Crippen LogP contribution in [-0.4, -0.2) is 4.98 Å². The van der Waals surface area contributed by atoms with E-state index in [1.54, 1.807) is 23.6 Å². The average molecular weight is 179 g/mol. The second kappa shape index (κ2) is 3.03. The molecule has 2 aromatic rings. The smallest absolute Gasteiger partial charge is 0.212 e. The van der Waals surface area contributed by atoms with Crippen molar-refractivity contribution in [2.24, 2.45) is 0 Å². The molecule has 12 heavy (non-hydrogen) atoms. The van der Waals surface area contributed by atoms with Crippen LogP contribution in [0.15, 0.2) is 35.8 Å². The number of hydrogen-bond donors (Lipinski definition) is 0. The van der Waals surface area contributed by atoms with E-state index < -0.39 is 5.95 Å². The molecule has 0 atom stereocenters. The molecule has 0 unspecified atom stereocenters. The van der Waals surface area contributed by atoms with E-state index >= 15 is 0 Å². The van der Waals surface area contributed by atoms with E-state index in [0.717, 1.165) is 10.4 Å².